The number of aromatic nitrogens is 5. The van der Waals surface area contributed by atoms with E-state index in [9.17, 15) is 4.79 Å². The molecule has 5 heterocycles. The number of carbonyl (C=O) groups excluding carboxylic acids is 1. The van der Waals surface area contributed by atoms with Crippen LogP contribution in [0.25, 0.3) is 22.2 Å². The van der Waals surface area contributed by atoms with Gasteiger partial charge in [0.2, 0.25) is 0 Å². The first-order valence-electron chi connectivity index (χ1n) is 9.15. The minimum absolute atomic E-state index is 0.0980. The molecule has 1 amide bonds. The smallest absolute Gasteiger partial charge is 0.290 e. The predicted molar refractivity (Wildman–Crippen MR) is 101 cm³/mol. The van der Waals surface area contributed by atoms with Crippen molar-refractivity contribution in [1.29, 1.82) is 0 Å². The van der Waals surface area contributed by atoms with Crippen LogP contribution in [0.5, 0.6) is 0 Å². The van der Waals surface area contributed by atoms with Gasteiger partial charge in [0.05, 0.1) is 5.52 Å². The maximum atomic E-state index is 12.7. The highest BCUT2D eigenvalue weighted by Crippen LogP contribution is 2.28. The van der Waals surface area contributed by atoms with E-state index >= 15 is 0 Å². The molecule has 2 bridgehead atoms. The number of carboxylic acid groups (broad SMARTS) is 1. The van der Waals surface area contributed by atoms with Gasteiger partial charge in [-0.2, -0.15) is 5.10 Å². The third-order valence-electron chi connectivity index (χ3n) is 5.46. The van der Waals surface area contributed by atoms with Crippen molar-refractivity contribution in [1.82, 2.24) is 35.8 Å². The zero-order chi connectivity index (χ0) is 19.5. The fraction of sp³-hybridized carbons (Fsp3) is 0.389. The Morgan fingerprint density at radius 2 is 2.11 bits per heavy atom. The van der Waals surface area contributed by atoms with Gasteiger partial charge < -0.3 is 15.3 Å². The second-order valence-corrected chi connectivity index (χ2v) is 7.01. The normalized spacial score (nSPS) is 23.1. The molecule has 0 aliphatic carbocycles. The lowest BCUT2D eigenvalue weighted by Crippen LogP contribution is -2.57. The number of amides is 1. The van der Waals surface area contributed by atoms with Crippen molar-refractivity contribution in [2.75, 3.05) is 19.6 Å². The summed E-state index contributed by atoms with van der Waals surface area (Å²) >= 11 is 0. The van der Waals surface area contributed by atoms with Gasteiger partial charge in [-0.3, -0.25) is 19.8 Å². The van der Waals surface area contributed by atoms with Crippen LogP contribution in [0.2, 0.25) is 0 Å². The zero-order valence-electron chi connectivity index (χ0n) is 15.1. The molecule has 0 radical (unpaired) electrons. The zero-order valence-corrected chi connectivity index (χ0v) is 15.1. The number of aromatic amines is 2. The highest BCUT2D eigenvalue weighted by atomic mass is 16.3. The number of hydrogen-bond acceptors (Lipinski definition) is 6. The van der Waals surface area contributed by atoms with Crippen LogP contribution in [-0.2, 0) is 4.79 Å². The largest absolute Gasteiger partial charge is 0.483 e. The molecule has 4 N–H and O–H groups in total. The molecule has 10 heteroatoms. The minimum atomic E-state index is -0.250. The number of nitrogens with one attached hydrogen (secondary N) is 3. The number of hydrogen-bond donors (Lipinski definition) is 4. The lowest BCUT2D eigenvalue weighted by atomic mass is 9.84. The SMILES string of the molecule is O=C(N[C@@H]1CN2CCC1CC2)c1n[nH]c2cc(-c3c[nH]nn3)ccc12.O=CO. The third-order valence-corrected chi connectivity index (χ3v) is 5.46. The van der Waals surface area contributed by atoms with Crippen molar-refractivity contribution in [2.45, 2.75) is 18.9 Å². The molecule has 0 unspecified atom stereocenters. The van der Waals surface area contributed by atoms with E-state index in [1.165, 1.54) is 12.8 Å². The van der Waals surface area contributed by atoms with Gasteiger partial charge in [0.1, 0.15) is 5.69 Å². The summed E-state index contributed by atoms with van der Waals surface area (Å²) in [6, 6.07) is 6.01. The topological polar surface area (TPSA) is 140 Å². The number of piperidine rings is 3. The molecule has 3 aliphatic heterocycles. The molecule has 0 saturated carbocycles. The van der Waals surface area contributed by atoms with Gasteiger partial charge in [0.15, 0.2) is 5.69 Å². The summed E-state index contributed by atoms with van der Waals surface area (Å²) in [5, 5.41) is 28.6. The minimum Gasteiger partial charge on any atom is -0.483 e. The molecule has 3 saturated heterocycles. The summed E-state index contributed by atoms with van der Waals surface area (Å²) in [6.07, 6.45) is 4.08. The van der Waals surface area contributed by atoms with Crippen LogP contribution in [0, 0.1) is 5.92 Å². The Labute approximate surface area is 160 Å². The van der Waals surface area contributed by atoms with Crippen LogP contribution in [0.15, 0.2) is 24.4 Å². The average Bonchev–Trinajstić information content (AvgIpc) is 3.39. The van der Waals surface area contributed by atoms with Crippen molar-refractivity contribution in [3.63, 3.8) is 0 Å². The van der Waals surface area contributed by atoms with Gasteiger partial charge in [0, 0.05) is 29.7 Å². The predicted octanol–water partition coefficient (Wildman–Crippen LogP) is 0.873. The molecule has 3 aromatic rings. The van der Waals surface area contributed by atoms with E-state index in [4.69, 9.17) is 9.90 Å². The fourth-order valence-electron chi connectivity index (χ4n) is 4.06. The molecule has 0 spiro atoms. The molecule has 28 heavy (non-hydrogen) atoms. The summed E-state index contributed by atoms with van der Waals surface area (Å²) in [5.74, 6) is 0.497. The van der Waals surface area contributed by atoms with Crippen LogP contribution >= 0.6 is 0 Å². The maximum absolute atomic E-state index is 12.7. The molecule has 6 rings (SSSR count). The van der Waals surface area contributed by atoms with Crippen molar-refractivity contribution < 1.29 is 14.7 Å². The van der Waals surface area contributed by atoms with Gasteiger partial charge in [-0.1, -0.05) is 11.3 Å². The number of H-pyrrole nitrogens is 2. The first kappa shape index (κ1) is 18.1. The Morgan fingerprint density at radius 3 is 2.75 bits per heavy atom. The van der Waals surface area contributed by atoms with Gasteiger partial charge in [0.25, 0.3) is 12.4 Å². The average molecular weight is 383 g/mol. The molecule has 2 aromatic heterocycles. The summed E-state index contributed by atoms with van der Waals surface area (Å²) in [7, 11) is 0. The highest BCUT2D eigenvalue weighted by molar-refractivity contribution is 6.05. The Kier molecular flexibility index (Phi) is 5.02. The lowest BCUT2D eigenvalue weighted by molar-refractivity contribution is -0.122. The second kappa shape index (κ2) is 7.77. The van der Waals surface area contributed by atoms with E-state index in [1.807, 2.05) is 18.2 Å². The summed E-state index contributed by atoms with van der Waals surface area (Å²) in [4.78, 5) is 23.5. The van der Waals surface area contributed by atoms with Crippen LogP contribution in [0.1, 0.15) is 23.3 Å². The Balaban J connectivity index is 0.000000604. The molecular weight excluding hydrogens is 362 g/mol. The van der Waals surface area contributed by atoms with Crippen LogP contribution in [0.4, 0.5) is 0 Å². The maximum Gasteiger partial charge on any atom is 0.290 e. The molecule has 3 aliphatic rings. The van der Waals surface area contributed by atoms with E-state index in [0.29, 0.717) is 11.6 Å². The molecule has 3 fully saturated rings. The number of rotatable bonds is 3. The van der Waals surface area contributed by atoms with Crippen molar-refractivity contribution in [3.8, 4) is 11.3 Å². The van der Waals surface area contributed by atoms with Gasteiger partial charge in [-0.25, -0.2) is 0 Å². The number of nitrogens with zero attached hydrogens (tertiary/aromatic N) is 4. The van der Waals surface area contributed by atoms with Gasteiger partial charge >= 0.3 is 0 Å². The van der Waals surface area contributed by atoms with Crippen molar-refractivity contribution >= 4 is 23.3 Å². The molecule has 1 atom stereocenters. The standard InChI is InChI=1S/C17H19N7O.CH2O2/c25-17(19-15-9-24-5-3-10(15)4-6-24)16-12-2-1-11(7-13(12)20-22-16)14-8-18-23-21-14;2-1-3/h1-2,7-8,10,15H,3-6,9H2,(H,19,25)(H,20,22)(H,18,21,23);1H,(H,2,3)/t15-;/m1./s1. The van der Waals surface area contributed by atoms with Crippen LogP contribution < -0.4 is 5.32 Å². The number of benzene rings is 1. The highest BCUT2D eigenvalue weighted by Gasteiger charge is 2.35. The van der Waals surface area contributed by atoms with Crippen molar-refractivity contribution in [2.24, 2.45) is 5.92 Å². The Hall–Kier alpha value is -3.27. The monoisotopic (exact) mass is 383 g/mol. The van der Waals surface area contributed by atoms with E-state index in [1.54, 1.807) is 6.20 Å². The third kappa shape index (κ3) is 3.46. The Bertz CT molecular complexity index is 961. The molecule has 10 nitrogen and oxygen atoms in total. The first-order valence-corrected chi connectivity index (χ1v) is 9.15. The van der Waals surface area contributed by atoms with E-state index in [2.05, 4.69) is 35.8 Å². The van der Waals surface area contributed by atoms with Gasteiger partial charge in [-0.05, 0) is 44.0 Å². The summed E-state index contributed by atoms with van der Waals surface area (Å²) < 4.78 is 0. The van der Waals surface area contributed by atoms with Gasteiger partial charge in [-0.15, -0.1) is 5.10 Å². The van der Waals surface area contributed by atoms with E-state index in [-0.39, 0.29) is 18.4 Å². The Morgan fingerprint density at radius 1 is 1.32 bits per heavy atom. The summed E-state index contributed by atoms with van der Waals surface area (Å²) in [6.45, 7) is 3.02. The molecule has 146 valence electrons. The second-order valence-electron chi connectivity index (χ2n) is 7.01. The fourth-order valence-corrected chi connectivity index (χ4v) is 4.06. The summed E-state index contributed by atoms with van der Waals surface area (Å²) in [5.41, 5.74) is 2.96. The number of fused-ring (bicyclic) bond motifs is 4. The lowest BCUT2D eigenvalue weighted by Gasteiger charge is -2.44. The van der Waals surface area contributed by atoms with Crippen LogP contribution in [-0.4, -0.2) is 73.7 Å². The first-order chi connectivity index (χ1) is 13.7. The van der Waals surface area contributed by atoms with Crippen LogP contribution in [0.3, 0.4) is 0 Å². The van der Waals surface area contributed by atoms with E-state index < -0.39 is 0 Å². The molecule has 1 aromatic carbocycles. The van der Waals surface area contributed by atoms with E-state index in [0.717, 1.165) is 41.8 Å². The quantitative estimate of drug-likeness (QED) is 0.492. The van der Waals surface area contributed by atoms with Crippen molar-refractivity contribution in [3.05, 3.63) is 30.1 Å². The molecular formula is C18H21N7O3. The number of carbonyl (C=O) groups is 2.